The van der Waals surface area contributed by atoms with Crippen molar-refractivity contribution in [2.45, 2.75) is 0 Å². The second-order valence-corrected chi connectivity index (χ2v) is 5.40. The molecule has 0 radical (unpaired) electrons. The van der Waals surface area contributed by atoms with Gasteiger partial charge in [0, 0.05) is 17.7 Å². The standard InChI is InChI=1S/C12H12BrClFN3/c1-18-5-8(14)12(10(16)6-18)17-11-3-2-7(13)4-9(11)15/h2-4,6,17H,5,16H2,1H3. The molecule has 1 aromatic rings. The smallest absolute Gasteiger partial charge is 0.147 e. The fraction of sp³-hybridized carbons (Fsp3) is 0.167. The molecule has 1 aliphatic rings. The summed E-state index contributed by atoms with van der Waals surface area (Å²) in [4.78, 5) is 1.86. The highest BCUT2D eigenvalue weighted by Crippen LogP contribution is 2.26. The maximum Gasteiger partial charge on any atom is 0.147 e. The lowest BCUT2D eigenvalue weighted by molar-refractivity contribution is 0.491. The monoisotopic (exact) mass is 331 g/mol. The van der Waals surface area contributed by atoms with Gasteiger partial charge in [0.25, 0.3) is 0 Å². The van der Waals surface area contributed by atoms with E-state index in [-0.39, 0.29) is 5.82 Å². The van der Waals surface area contributed by atoms with E-state index in [0.29, 0.717) is 33.1 Å². The molecule has 0 fully saturated rings. The fourth-order valence-corrected chi connectivity index (χ4v) is 2.35. The third kappa shape index (κ3) is 2.79. The number of hydrogen-bond donors (Lipinski definition) is 2. The van der Waals surface area contributed by atoms with Gasteiger partial charge in [-0.15, -0.1) is 0 Å². The van der Waals surface area contributed by atoms with Crippen LogP contribution in [0.4, 0.5) is 10.1 Å². The minimum Gasteiger partial charge on any atom is -0.396 e. The maximum atomic E-state index is 13.7. The number of likely N-dealkylation sites (N-methyl/N-ethyl adjacent to an activating group) is 1. The van der Waals surface area contributed by atoms with Crippen LogP contribution >= 0.6 is 27.5 Å². The second-order valence-electron chi connectivity index (χ2n) is 4.03. The molecule has 0 aliphatic carbocycles. The Morgan fingerprint density at radius 3 is 2.83 bits per heavy atom. The summed E-state index contributed by atoms with van der Waals surface area (Å²) in [5.74, 6) is -0.368. The second kappa shape index (κ2) is 5.20. The van der Waals surface area contributed by atoms with Crippen molar-refractivity contribution in [3.63, 3.8) is 0 Å². The highest BCUT2D eigenvalue weighted by atomic mass is 79.9. The molecule has 0 aromatic heterocycles. The minimum atomic E-state index is -0.368. The van der Waals surface area contributed by atoms with Crippen LogP contribution in [0.3, 0.4) is 0 Å². The van der Waals surface area contributed by atoms with E-state index in [1.807, 2.05) is 11.9 Å². The third-order valence-corrected chi connectivity index (χ3v) is 3.30. The van der Waals surface area contributed by atoms with Crippen molar-refractivity contribution in [1.82, 2.24) is 4.90 Å². The Morgan fingerprint density at radius 2 is 2.22 bits per heavy atom. The van der Waals surface area contributed by atoms with E-state index in [0.717, 1.165) is 0 Å². The van der Waals surface area contributed by atoms with Crippen molar-refractivity contribution >= 4 is 33.2 Å². The van der Waals surface area contributed by atoms with Crippen LogP contribution in [0.5, 0.6) is 0 Å². The first-order valence-corrected chi connectivity index (χ1v) is 6.43. The van der Waals surface area contributed by atoms with E-state index in [2.05, 4.69) is 21.2 Å². The fourth-order valence-electron chi connectivity index (χ4n) is 1.67. The molecule has 0 unspecified atom stereocenters. The van der Waals surface area contributed by atoms with Crippen molar-refractivity contribution in [2.24, 2.45) is 5.73 Å². The molecule has 3 nitrogen and oxygen atoms in total. The summed E-state index contributed by atoms with van der Waals surface area (Å²) in [5, 5.41) is 3.48. The minimum absolute atomic E-state index is 0.340. The molecular weight excluding hydrogens is 321 g/mol. The molecule has 0 bridgehead atoms. The third-order valence-electron chi connectivity index (χ3n) is 2.50. The van der Waals surface area contributed by atoms with E-state index in [9.17, 15) is 4.39 Å². The number of benzene rings is 1. The molecule has 6 heteroatoms. The van der Waals surface area contributed by atoms with Crippen LogP contribution in [0.25, 0.3) is 0 Å². The molecule has 1 aromatic carbocycles. The Labute approximate surface area is 118 Å². The Balaban J connectivity index is 2.29. The molecule has 0 saturated heterocycles. The summed E-state index contributed by atoms with van der Waals surface area (Å²) in [6.07, 6.45) is 1.75. The molecule has 0 amide bonds. The van der Waals surface area contributed by atoms with Gasteiger partial charge in [0.15, 0.2) is 0 Å². The van der Waals surface area contributed by atoms with Crippen molar-refractivity contribution in [1.29, 1.82) is 0 Å². The van der Waals surface area contributed by atoms with E-state index >= 15 is 0 Å². The molecule has 0 spiro atoms. The van der Waals surface area contributed by atoms with E-state index < -0.39 is 0 Å². The van der Waals surface area contributed by atoms with Crippen molar-refractivity contribution in [2.75, 3.05) is 18.9 Å². The predicted molar refractivity (Wildman–Crippen MR) is 75.5 cm³/mol. The van der Waals surface area contributed by atoms with Gasteiger partial charge >= 0.3 is 0 Å². The first kappa shape index (κ1) is 13.2. The SMILES string of the molecule is CN1C=C(N)C(Nc2ccc(Br)cc2F)=C(Cl)C1. The van der Waals surface area contributed by atoms with Crippen LogP contribution in [0, 0.1) is 5.82 Å². The summed E-state index contributed by atoms with van der Waals surface area (Å²) >= 11 is 9.33. The van der Waals surface area contributed by atoms with Crippen molar-refractivity contribution in [3.05, 3.63) is 51.1 Å². The number of nitrogens with one attached hydrogen (secondary N) is 1. The van der Waals surface area contributed by atoms with Gasteiger partial charge in [-0.1, -0.05) is 27.5 Å². The Hall–Kier alpha value is -1.20. The lowest BCUT2D eigenvalue weighted by Crippen LogP contribution is -2.25. The first-order valence-electron chi connectivity index (χ1n) is 5.26. The van der Waals surface area contributed by atoms with Crippen molar-refractivity contribution in [3.8, 4) is 0 Å². The number of anilines is 1. The molecule has 3 N–H and O–H groups in total. The van der Waals surface area contributed by atoms with Gasteiger partial charge in [-0.2, -0.15) is 0 Å². The zero-order valence-electron chi connectivity index (χ0n) is 9.67. The number of rotatable bonds is 2. The molecule has 0 saturated carbocycles. The highest BCUT2D eigenvalue weighted by molar-refractivity contribution is 9.10. The molecule has 1 heterocycles. The van der Waals surface area contributed by atoms with Gasteiger partial charge in [0.05, 0.1) is 28.7 Å². The average molecular weight is 333 g/mol. The summed E-state index contributed by atoms with van der Waals surface area (Å²) in [6, 6.07) is 4.75. The van der Waals surface area contributed by atoms with Gasteiger partial charge < -0.3 is 16.0 Å². The van der Waals surface area contributed by atoms with Crippen LogP contribution in [0.1, 0.15) is 0 Å². The quantitative estimate of drug-likeness (QED) is 0.874. The topological polar surface area (TPSA) is 41.3 Å². The van der Waals surface area contributed by atoms with Crippen molar-refractivity contribution < 1.29 is 4.39 Å². The zero-order valence-corrected chi connectivity index (χ0v) is 12.0. The summed E-state index contributed by atoms with van der Waals surface area (Å²) in [7, 11) is 1.87. The molecule has 2 rings (SSSR count). The van der Waals surface area contributed by atoms with Gasteiger partial charge in [0.1, 0.15) is 5.82 Å². The summed E-state index contributed by atoms with van der Waals surface area (Å²) < 4.78 is 14.4. The van der Waals surface area contributed by atoms with Gasteiger partial charge in [0.2, 0.25) is 0 Å². The Bertz CT molecular complexity index is 542. The number of nitrogens with zero attached hydrogens (tertiary/aromatic N) is 1. The van der Waals surface area contributed by atoms with E-state index in [1.165, 1.54) is 6.07 Å². The predicted octanol–water partition coefficient (Wildman–Crippen LogP) is 3.20. The lowest BCUT2D eigenvalue weighted by Gasteiger charge is -2.24. The van der Waals surface area contributed by atoms with Crippen LogP contribution in [-0.2, 0) is 0 Å². The molecule has 96 valence electrons. The molecule has 1 aliphatic heterocycles. The van der Waals surface area contributed by atoms with E-state index in [1.54, 1.807) is 18.3 Å². The number of nitrogens with two attached hydrogens (primary N) is 1. The van der Waals surface area contributed by atoms with Gasteiger partial charge in [-0.25, -0.2) is 4.39 Å². The number of hydrogen-bond acceptors (Lipinski definition) is 3. The van der Waals surface area contributed by atoms with Crippen LogP contribution in [-0.4, -0.2) is 18.5 Å². The van der Waals surface area contributed by atoms with Crippen LogP contribution in [0.15, 0.2) is 45.3 Å². The molecule has 18 heavy (non-hydrogen) atoms. The summed E-state index contributed by atoms with van der Waals surface area (Å²) in [6.45, 7) is 0.544. The van der Waals surface area contributed by atoms with Crippen LogP contribution < -0.4 is 11.1 Å². The zero-order chi connectivity index (χ0) is 13.3. The summed E-state index contributed by atoms with van der Waals surface area (Å²) in [5.41, 5.74) is 7.24. The van der Waals surface area contributed by atoms with Crippen LogP contribution in [0.2, 0.25) is 0 Å². The first-order chi connectivity index (χ1) is 8.47. The Kier molecular flexibility index (Phi) is 3.82. The molecular formula is C12H12BrClFN3. The van der Waals surface area contributed by atoms with Gasteiger partial charge in [-0.05, 0) is 18.2 Å². The normalized spacial score (nSPS) is 15.8. The number of halogens is 3. The Morgan fingerprint density at radius 1 is 1.50 bits per heavy atom. The van der Waals surface area contributed by atoms with Gasteiger partial charge in [-0.3, -0.25) is 0 Å². The lowest BCUT2D eigenvalue weighted by atomic mass is 10.2. The van der Waals surface area contributed by atoms with E-state index in [4.69, 9.17) is 17.3 Å². The average Bonchev–Trinajstić information content (AvgIpc) is 2.25. The maximum absolute atomic E-state index is 13.7. The largest absolute Gasteiger partial charge is 0.396 e. The molecule has 0 atom stereocenters. The highest BCUT2D eigenvalue weighted by Gasteiger charge is 2.16.